The Bertz CT molecular complexity index is 197. The fourth-order valence-electron chi connectivity index (χ4n) is 2.67. The highest BCUT2D eigenvalue weighted by atomic mass is 16.5. The molecule has 0 aromatic heterocycles. The van der Waals surface area contributed by atoms with Crippen LogP contribution in [0, 0.1) is 5.92 Å². The van der Waals surface area contributed by atoms with E-state index in [-0.39, 0.29) is 0 Å². The van der Waals surface area contributed by atoms with Crippen LogP contribution in [0.25, 0.3) is 0 Å². The molecule has 0 spiro atoms. The monoisotopic (exact) mass is 242 g/mol. The second-order valence-electron chi connectivity index (χ2n) is 5.74. The third-order valence-corrected chi connectivity index (χ3v) is 3.61. The van der Waals surface area contributed by atoms with E-state index in [9.17, 15) is 0 Å². The zero-order valence-corrected chi connectivity index (χ0v) is 12.0. The first-order chi connectivity index (χ1) is 8.15. The summed E-state index contributed by atoms with van der Waals surface area (Å²) >= 11 is 0. The molecule has 1 aliphatic rings. The van der Waals surface area contributed by atoms with Crippen LogP contribution in [0.5, 0.6) is 0 Å². The van der Waals surface area contributed by atoms with E-state index in [1.165, 1.54) is 25.8 Å². The summed E-state index contributed by atoms with van der Waals surface area (Å²) in [5.41, 5.74) is 0. The Hall–Kier alpha value is -0.120. The molecule has 102 valence electrons. The number of hydrogen-bond donors (Lipinski definition) is 1. The number of hydrogen-bond acceptors (Lipinski definition) is 3. The Morgan fingerprint density at radius 3 is 2.65 bits per heavy atom. The Morgan fingerprint density at radius 1 is 1.29 bits per heavy atom. The van der Waals surface area contributed by atoms with E-state index >= 15 is 0 Å². The molecule has 1 saturated heterocycles. The zero-order valence-electron chi connectivity index (χ0n) is 12.0. The lowest BCUT2D eigenvalue weighted by Gasteiger charge is -2.39. The van der Waals surface area contributed by atoms with E-state index in [2.05, 4.69) is 31.0 Å². The molecule has 0 saturated carbocycles. The van der Waals surface area contributed by atoms with Gasteiger partial charge in [-0.1, -0.05) is 20.3 Å². The van der Waals surface area contributed by atoms with Gasteiger partial charge >= 0.3 is 0 Å². The maximum absolute atomic E-state index is 5.38. The fraction of sp³-hybridized carbons (Fsp3) is 1.00. The Balaban J connectivity index is 2.39. The van der Waals surface area contributed by atoms with Gasteiger partial charge in [0, 0.05) is 25.7 Å². The summed E-state index contributed by atoms with van der Waals surface area (Å²) in [7, 11) is 1.81. The van der Waals surface area contributed by atoms with Crippen LogP contribution in [0.2, 0.25) is 0 Å². The molecule has 1 aliphatic heterocycles. The molecule has 2 unspecified atom stereocenters. The number of nitrogens with zero attached hydrogens (tertiary/aromatic N) is 1. The third-order valence-electron chi connectivity index (χ3n) is 3.61. The van der Waals surface area contributed by atoms with Crippen molar-refractivity contribution >= 4 is 0 Å². The van der Waals surface area contributed by atoms with Crippen molar-refractivity contribution in [1.29, 1.82) is 0 Å². The van der Waals surface area contributed by atoms with Gasteiger partial charge in [-0.05, 0) is 38.8 Å². The lowest BCUT2D eigenvalue weighted by Crippen LogP contribution is -2.51. The van der Waals surface area contributed by atoms with Gasteiger partial charge in [0.2, 0.25) is 0 Å². The van der Waals surface area contributed by atoms with Crippen LogP contribution in [0.4, 0.5) is 0 Å². The van der Waals surface area contributed by atoms with Crippen LogP contribution in [-0.4, -0.2) is 50.3 Å². The van der Waals surface area contributed by atoms with Crippen LogP contribution in [0.1, 0.15) is 40.0 Å². The topological polar surface area (TPSA) is 24.5 Å². The first kappa shape index (κ1) is 14.9. The molecular weight excluding hydrogens is 212 g/mol. The predicted octanol–water partition coefficient (Wildman–Crippen LogP) is 2.12. The molecule has 1 N–H and O–H groups in total. The molecule has 1 fully saturated rings. The quantitative estimate of drug-likeness (QED) is 0.740. The maximum atomic E-state index is 5.38. The first-order valence-electron chi connectivity index (χ1n) is 7.10. The van der Waals surface area contributed by atoms with Crippen LogP contribution in [-0.2, 0) is 4.74 Å². The lowest BCUT2D eigenvalue weighted by molar-refractivity contribution is 0.0462. The SMILES string of the molecule is COCC(CNCC(C)C)N1CCCCC1C. The summed E-state index contributed by atoms with van der Waals surface area (Å²) in [5.74, 6) is 0.719. The Kier molecular flexibility index (Phi) is 7.09. The minimum absolute atomic E-state index is 0.536. The van der Waals surface area contributed by atoms with Crippen LogP contribution in [0.3, 0.4) is 0 Å². The minimum atomic E-state index is 0.536. The Morgan fingerprint density at radius 2 is 2.06 bits per heavy atom. The van der Waals surface area contributed by atoms with Gasteiger partial charge in [0.25, 0.3) is 0 Å². The van der Waals surface area contributed by atoms with Crippen LogP contribution in [0.15, 0.2) is 0 Å². The third kappa shape index (κ3) is 5.36. The average molecular weight is 242 g/mol. The van der Waals surface area contributed by atoms with Gasteiger partial charge in [-0.25, -0.2) is 0 Å². The molecule has 3 heteroatoms. The van der Waals surface area contributed by atoms with Gasteiger partial charge in [0.1, 0.15) is 0 Å². The summed E-state index contributed by atoms with van der Waals surface area (Å²) in [6, 6.07) is 1.25. The summed E-state index contributed by atoms with van der Waals surface area (Å²) in [5, 5.41) is 3.57. The molecular formula is C14H30N2O. The molecule has 1 rings (SSSR count). The molecule has 1 heterocycles. The van der Waals surface area contributed by atoms with E-state index in [1.54, 1.807) is 0 Å². The van der Waals surface area contributed by atoms with Gasteiger partial charge in [0.05, 0.1) is 6.61 Å². The van der Waals surface area contributed by atoms with Crippen molar-refractivity contribution < 1.29 is 4.74 Å². The van der Waals surface area contributed by atoms with Crippen LogP contribution >= 0.6 is 0 Å². The number of piperidine rings is 1. The van der Waals surface area contributed by atoms with E-state index in [1.807, 2.05) is 7.11 Å². The standard InChI is InChI=1S/C14H30N2O/c1-12(2)9-15-10-14(11-17-4)16-8-6-5-7-13(16)3/h12-15H,5-11H2,1-4H3. The van der Waals surface area contributed by atoms with Gasteiger partial charge in [-0.2, -0.15) is 0 Å². The van der Waals surface area contributed by atoms with E-state index in [4.69, 9.17) is 4.74 Å². The molecule has 0 aromatic carbocycles. The molecule has 0 amide bonds. The summed E-state index contributed by atoms with van der Waals surface area (Å²) in [4.78, 5) is 2.63. The van der Waals surface area contributed by atoms with Crippen molar-refractivity contribution in [3.63, 3.8) is 0 Å². The molecule has 0 radical (unpaired) electrons. The van der Waals surface area contributed by atoms with E-state index < -0.39 is 0 Å². The number of likely N-dealkylation sites (tertiary alicyclic amines) is 1. The molecule has 0 aliphatic carbocycles. The minimum Gasteiger partial charge on any atom is -0.383 e. The number of ether oxygens (including phenoxy) is 1. The van der Waals surface area contributed by atoms with Gasteiger partial charge in [0.15, 0.2) is 0 Å². The van der Waals surface area contributed by atoms with Gasteiger partial charge in [-0.3, -0.25) is 4.90 Å². The highest BCUT2D eigenvalue weighted by Gasteiger charge is 2.25. The van der Waals surface area contributed by atoms with Crippen molar-refractivity contribution in [2.45, 2.75) is 52.1 Å². The van der Waals surface area contributed by atoms with E-state index in [0.29, 0.717) is 12.1 Å². The first-order valence-corrected chi connectivity index (χ1v) is 7.10. The fourth-order valence-corrected chi connectivity index (χ4v) is 2.67. The van der Waals surface area contributed by atoms with Crippen molar-refractivity contribution in [2.75, 3.05) is 33.4 Å². The van der Waals surface area contributed by atoms with Crippen molar-refractivity contribution in [1.82, 2.24) is 10.2 Å². The number of rotatable bonds is 7. The van der Waals surface area contributed by atoms with Gasteiger partial charge in [-0.15, -0.1) is 0 Å². The summed E-state index contributed by atoms with van der Waals surface area (Å²) in [6.45, 7) is 11.1. The number of nitrogens with one attached hydrogen (secondary N) is 1. The molecule has 0 aromatic rings. The molecule has 3 nitrogen and oxygen atoms in total. The van der Waals surface area contributed by atoms with Crippen molar-refractivity contribution in [3.8, 4) is 0 Å². The van der Waals surface area contributed by atoms with E-state index in [0.717, 1.165) is 25.6 Å². The molecule has 17 heavy (non-hydrogen) atoms. The zero-order chi connectivity index (χ0) is 12.7. The smallest absolute Gasteiger partial charge is 0.0630 e. The summed E-state index contributed by atoms with van der Waals surface area (Å²) in [6.07, 6.45) is 4.07. The highest BCUT2D eigenvalue weighted by Crippen LogP contribution is 2.19. The molecule has 2 atom stereocenters. The average Bonchev–Trinajstić information content (AvgIpc) is 2.28. The second-order valence-corrected chi connectivity index (χ2v) is 5.74. The normalized spacial score (nSPS) is 24.2. The van der Waals surface area contributed by atoms with Crippen molar-refractivity contribution in [3.05, 3.63) is 0 Å². The number of methoxy groups -OCH3 is 1. The second kappa shape index (κ2) is 8.06. The van der Waals surface area contributed by atoms with Gasteiger partial charge < -0.3 is 10.1 Å². The molecule has 0 bridgehead atoms. The lowest BCUT2D eigenvalue weighted by atomic mass is 10.0. The largest absolute Gasteiger partial charge is 0.383 e. The van der Waals surface area contributed by atoms with Crippen molar-refractivity contribution in [2.24, 2.45) is 5.92 Å². The Labute approximate surface area is 107 Å². The van der Waals surface area contributed by atoms with Crippen LogP contribution < -0.4 is 5.32 Å². The highest BCUT2D eigenvalue weighted by molar-refractivity contribution is 4.81. The summed E-state index contributed by atoms with van der Waals surface area (Å²) < 4.78 is 5.38. The maximum Gasteiger partial charge on any atom is 0.0630 e. The predicted molar refractivity (Wildman–Crippen MR) is 73.4 cm³/mol.